The predicted octanol–water partition coefficient (Wildman–Crippen LogP) is 6.43. The van der Waals surface area contributed by atoms with E-state index in [-0.39, 0.29) is 0 Å². The molecule has 0 aliphatic carbocycles. The van der Waals surface area contributed by atoms with Crippen LogP contribution in [0.1, 0.15) is 13.8 Å². The molecule has 0 aromatic heterocycles. The summed E-state index contributed by atoms with van der Waals surface area (Å²) in [5.41, 5.74) is 1.39. The molecular weight excluding hydrogens is 534 g/mol. The molecule has 2 N–H and O–H groups in total. The Morgan fingerprint density at radius 3 is 1.27 bits per heavy atom. The van der Waals surface area contributed by atoms with Gasteiger partial charge < -0.3 is 14.8 Å². The highest BCUT2D eigenvalue weighted by atomic mass is 31.2. The summed E-state index contributed by atoms with van der Waals surface area (Å²) in [4.78, 5) is 0. The Hall–Kier alpha value is -1.36. The van der Waals surface area contributed by atoms with E-state index in [9.17, 15) is 70.4 Å². The molecule has 0 aliphatic heterocycles. The summed E-state index contributed by atoms with van der Waals surface area (Å²) in [5, 5.41) is 0. The van der Waals surface area contributed by atoms with Crippen LogP contribution in [0.15, 0.2) is 11.5 Å². The summed E-state index contributed by atoms with van der Waals surface area (Å²) >= 11 is 0. The quantitative estimate of drug-likeness (QED) is 0.240. The average molecular weight is 547 g/mol. The molecule has 0 radical (unpaired) electrons. The van der Waals surface area contributed by atoms with E-state index in [1.807, 2.05) is 0 Å². The van der Waals surface area contributed by atoms with E-state index in [0.717, 1.165) is 13.8 Å². The van der Waals surface area contributed by atoms with Gasteiger partial charge in [0.05, 0.1) is 24.7 Å². The molecule has 0 bridgehead atoms. The molecule has 20 heteroatoms. The number of nitrogens with two attached hydrogens (primary N) is 1. The first-order valence-corrected chi connectivity index (χ1v) is 9.57. The Bertz CT molecular complexity index is 767. The smallest absolute Gasteiger partial charge is 0.397 e. The molecule has 0 saturated carbocycles. The van der Waals surface area contributed by atoms with Crippen molar-refractivity contribution in [2.24, 2.45) is 5.73 Å². The van der Waals surface area contributed by atoms with Crippen molar-refractivity contribution in [1.82, 2.24) is 0 Å². The van der Waals surface area contributed by atoms with Crippen LogP contribution in [-0.4, -0.2) is 54.9 Å². The van der Waals surface area contributed by atoms with Crippen molar-refractivity contribution in [3.05, 3.63) is 11.5 Å². The van der Waals surface area contributed by atoms with E-state index in [0.29, 0.717) is 0 Å². The molecule has 198 valence electrons. The van der Waals surface area contributed by atoms with E-state index in [1.54, 1.807) is 0 Å². The van der Waals surface area contributed by atoms with Crippen LogP contribution in [0.2, 0.25) is 0 Å². The fourth-order valence-corrected chi connectivity index (χ4v) is 3.32. The summed E-state index contributed by atoms with van der Waals surface area (Å²) in [7, 11) is -5.07. The summed E-state index contributed by atoms with van der Waals surface area (Å²) in [6, 6.07) is 0. The predicted molar refractivity (Wildman–Crippen MR) is 78.9 cm³/mol. The summed E-state index contributed by atoms with van der Waals surface area (Å²) in [6.45, 7) is 0.659. The Morgan fingerprint density at radius 2 is 0.970 bits per heavy atom. The third-order valence-corrected chi connectivity index (χ3v) is 5.44. The number of halogens is 15. The average Bonchev–Trinajstić information content (AvgIpc) is 2.59. The number of allylic oxidation sites excluding steroid dienone is 1. The van der Waals surface area contributed by atoms with Crippen molar-refractivity contribution in [2.75, 3.05) is 13.2 Å². The van der Waals surface area contributed by atoms with Gasteiger partial charge in [0, 0.05) is 0 Å². The lowest BCUT2D eigenvalue weighted by atomic mass is 9.90. The molecule has 0 spiro atoms. The summed E-state index contributed by atoms with van der Waals surface area (Å²) in [6.07, 6.45) is -7.70. The molecule has 0 aromatic rings. The van der Waals surface area contributed by atoms with Gasteiger partial charge in [-0.25, -0.2) is 0 Å². The minimum atomic E-state index is -8.45. The third-order valence-electron chi connectivity index (χ3n) is 3.61. The van der Waals surface area contributed by atoms with Crippen LogP contribution in [-0.2, 0) is 13.6 Å². The van der Waals surface area contributed by atoms with Gasteiger partial charge in [0.2, 0.25) is 0 Å². The van der Waals surface area contributed by atoms with Gasteiger partial charge in [-0.15, -0.1) is 0 Å². The van der Waals surface area contributed by atoms with Crippen LogP contribution in [0.5, 0.6) is 0 Å². The second-order valence-corrected chi connectivity index (χ2v) is 7.76. The van der Waals surface area contributed by atoms with Gasteiger partial charge in [-0.2, -0.15) is 65.9 Å². The Morgan fingerprint density at radius 1 is 0.667 bits per heavy atom. The van der Waals surface area contributed by atoms with Gasteiger partial charge in [0.15, 0.2) is 0 Å². The third kappa shape index (κ3) is 4.90. The zero-order valence-electron chi connectivity index (χ0n) is 15.9. The van der Waals surface area contributed by atoms with Gasteiger partial charge in [0.25, 0.3) is 0 Å². The molecule has 0 unspecified atom stereocenters. The second kappa shape index (κ2) is 9.02. The van der Waals surface area contributed by atoms with Crippen LogP contribution in [0, 0.1) is 0 Å². The normalized spacial score (nSPS) is 16.3. The standard InChI is InChI=1S/C13H13F15NO3P/c1-3-31-33(30,32-4-2)5-6(29)7(14,15)8(16,17)9(18,19)10(20,21)11(22,23)12(24,25)13(26,27)28/h5H,3-4,29H2,1-2H3/b6-5-. The minimum absolute atomic E-state index is 0.685. The van der Waals surface area contributed by atoms with Gasteiger partial charge in [-0.05, 0) is 13.8 Å². The van der Waals surface area contributed by atoms with E-state index in [4.69, 9.17) is 0 Å². The lowest BCUT2D eigenvalue weighted by molar-refractivity contribution is -0.450. The van der Waals surface area contributed by atoms with Crippen molar-refractivity contribution in [1.29, 1.82) is 0 Å². The first kappa shape index (κ1) is 31.6. The second-order valence-electron chi connectivity index (χ2n) is 5.90. The zero-order chi connectivity index (χ0) is 27.1. The highest BCUT2D eigenvalue weighted by molar-refractivity contribution is 7.57. The van der Waals surface area contributed by atoms with E-state index >= 15 is 0 Å². The van der Waals surface area contributed by atoms with E-state index in [1.165, 1.54) is 0 Å². The number of alkyl halides is 15. The summed E-state index contributed by atoms with van der Waals surface area (Å²) in [5.74, 6) is -48.7. The Labute approximate surface area is 174 Å². The highest BCUT2D eigenvalue weighted by Gasteiger charge is 2.93. The van der Waals surface area contributed by atoms with Crippen molar-refractivity contribution >= 4 is 7.60 Å². The number of hydrogen-bond donors (Lipinski definition) is 1. The molecule has 0 rings (SSSR count). The molecule has 0 aromatic carbocycles. The van der Waals surface area contributed by atoms with Crippen LogP contribution in [0.3, 0.4) is 0 Å². The van der Waals surface area contributed by atoms with Gasteiger partial charge in [-0.1, -0.05) is 0 Å². The van der Waals surface area contributed by atoms with E-state index < -0.39 is 74.0 Å². The molecule has 0 atom stereocenters. The van der Waals surface area contributed by atoms with Crippen molar-refractivity contribution < 1.29 is 79.5 Å². The SMILES string of the molecule is CCOP(=O)(/C=C(\N)C(F)(F)C(F)(F)C(F)(F)C(F)(F)C(F)(F)C(F)(F)C(F)(F)F)OCC. The van der Waals surface area contributed by atoms with E-state index in [2.05, 4.69) is 14.8 Å². The molecular formula is C13H13F15NO3P. The molecule has 33 heavy (non-hydrogen) atoms. The maximum absolute atomic E-state index is 13.9. The van der Waals surface area contributed by atoms with Crippen LogP contribution >= 0.6 is 7.60 Å². The van der Waals surface area contributed by atoms with Crippen molar-refractivity contribution in [3.8, 4) is 0 Å². The zero-order valence-corrected chi connectivity index (χ0v) is 16.8. The lowest BCUT2D eigenvalue weighted by Gasteiger charge is -2.41. The first-order chi connectivity index (χ1) is 14.2. The van der Waals surface area contributed by atoms with Gasteiger partial charge in [-0.3, -0.25) is 4.57 Å². The monoisotopic (exact) mass is 547 g/mol. The Balaban J connectivity index is 6.76. The van der Waals surface area contributed by atoms with Crippen LogP contribution < -0.4 is 5.73 Å². The van der Waals surface area contributed by atoms with Crippen LogP contribution in [0.4, 0.5) is 65.9 Å². The fourth-order valence-electron chi connectivity index (χ4n) is 1.87. The lowest BCUT2D eigenvalue weighted by Crippen LogP contribution is -2.73. The maximum Gasteiger partial charge on any atom is 0.460 e. The minimum Gasteiger partial charge on any atom is -0.397 e. The molecule has 0 saturated heterocycles. The first-order valence-electron chi connectivity index (χ1n) is 7.96. The maximum atomic E-state index is 13.9. The van der Waals surface area contributed by atoms with Gasteiger partial charge in [0.1, 0.15) is 0 Å². The highest BCUT2D eigenvalue weighted by Crippen LogP contribution is 2.63. The molecule has 0 amide bonds. The largest absolute Gasteiger partial charge is 0.460 e. The fraction of sp³-hybridized carbons (Fsp3) is 0.846. The van der Waals surface area contributed by atoms with Gasteiger partial charge >= 0.3 is 49.3 Å². The molecule has 4 nitrogen and oxygen atoms in total. The molecule has 0 fully saturated rings. The topological polar surface area (TPSA) is 61.5 Å². The molecule has 0 aliphatic rings. The van der Waals surface area contributed by atoms with Crippen molar-refractivity contribution in [2.45, 2.75) is 55.6 Å². The van der Waals surface area contributed by atoms with Crippen LogP contribution in [0.25, 0.3) is 0 Å². The summed E-state index contributed by atoms with van der Waals surface area (Å²) < 4.78 is 218. The molecule has 0 heterocycles. The Kier molecular flexibility index (Phi) is 8.64. The van der Waals surface area contributed by atoms with Crippen molar-refractivity contribution in [3.63, 3.8) is 0 Å². The number of hydrogen-bond acceptors (Lipinski definition) is 4. The number of rotatable bonds is 11.